The van der Waals surface area contributed by atoms with Crippen molar-refractivity contribution in [1.82, 2.24) is 0 Å². The van der Waals surface area contributed by atoms with Gasteiger partial charge in [0.15, 0.2) is 17.3 Å². The van der Waals surface area contributed by atoms with Crippen LogP contribution in [-0.4, -0.2) is 85.7 Å². The Hall–Kier alpha value is -2.70. The van der Waals surface area contributed by atoms with Crippen LogP contribution < -0.4 is 0 Å². The lowest BCUT2D eigenvalue weighted by Gasteiger charge is -2.63. The molecule has 0 aliphatic heterocycles. The number of hydrogen-bond acceptors (Lipinski definition) is 12. The molecule has 7 fully saturated rings. The lowest BCUT2D eigenvalue weighted by molar-refractivity contribution is -0.329. The Balaban J connectivity index is 1.55. The number of esters is 3. The van der Waals surface area contributed by atoms with Gasteiger partial charge in [-0.3, -0.25) is 28.8 Å². The van der Waals surface area contributed by atoms with E-state index in [4.69, 9.17) is 14.2 Å². The molecule has 0 radical (unpaired) electrons. The fourth-order valence-electron chi connectivity index (χ4n) is 15.4. The van der Waals surface area contributed by atoms with E-state index in [2.05, 4.69) is 41.5 Å². The summed E-state index contributed by atoms with van der Waals surface area (Å²) in [5.41, 5.74) is -10.00. The van der Waals surface area contributed by atoms with Crippen molar-refractivity contribution < 1.29 is 58.3 Å². The molecular formula is C60H96O12. The van der Waals surface area contributed by atoms with Gasteiger partial charge in [-0.05, 0) is 190 Å². The predicted molar refractivity (Wildman–Crippen MR) is 274 cm³/mol. The quantitative estimate of drug-likeness (QED) is 0.0871. The van der Waals surface area contributed by atoms with Crippen LogP contribution in [0, 0.1) is 71.0 Å². The summed E-state index contributed by atoms with van der Waals surface area (Å²) in [5.74, 6) is -8.99. The first kappa shape index (κ1) is 57.0. The minimum absolute atomic E-state index is 0.259. The first-order chi connectivity index (χ1) is 34.6. The third-order valence-corrected chi connectivity index (χ3v) is 21.0. The molecule has 0 saturated heterocycles. The Morgan fingerprint density at radius 3 is 0.764 bits per heavy atom. The zero-order chi connectivity index (χ0) is 52.0. The minimum atomic E-state index is -3.41. The van der Waals surface area contributed by atoms with Crippen molar-refractivity contribution in [2.24, 2.45) is 71.0 Å². The van der Waals surface area contributed by atoms with Crippen LogP contribution in [0.5, 0.6) is 0 Å². The molecule has 7 rings (SSSR count). The van der Waals surface area contributed by atoms with E-state index in [9.17, 15) is 15.3 Å². The zero-order valence-corrected chi connectivity index (χ0v) is 45.4. The van der Waals surface area contributed by atoms with Crippen LogP contribution in [0.1, 0.15) is 234 Å². The molecule has 0 bridgehead atoms. The van der Waals surface area contributed by atoms with Crippen LogP contribution >= 0.6 is 0 Å². The normalized spacial score (nSPS) is 41.9. The summed E-state index contributed by atoms with van der Waals surface area (Å²) < 4.78 is 20.9. The van der Waals surface area contributed by atoms with Crippen molar-refractivity contribution in [3.63, 3.8) is 0 Å². The van der Waals surface area contributed by atoms with Crippen molar-refractivity contribution in [1.29, 1.82) is 0 Å². The molecule has 0 aromatic heterocycles. The second-order valence-corrected chi connectivity index (χ2v) is 24.6. The molecule has 0 heterocycles. The molecule has 7 aliphatic rings. The van der Waals surface area contributed by atoms with Crippen LogP contribution in [0.3, 0.4) is 0 Å². The molecular weight excluding hydrogens is 913 g/mol. The molecule has 7 aliphatic carbocycles. The average Bonchev–Trinajstić information content (AvgIpc) is 3.43. The maximum Gasteiger partial charge on any atom is 0.310 e. The van der Waals surface area contributed by atoms with Crippen molar-refractivity contribution >= 4 is 35.3 Å². The largest absolute Gasteiger partial charge is 0.443 e. The maximum atomic E-state index is 17.2. The molecule has 2 unspecified atom stereocenters. The molecule has 408 valence electrons. The number of ether oxygens (including phenoxy) is 3. The highest BCUT2D eigenvalue weighted by molar-refractivity contribution is 6.12. The Morgan fingerprint density at radius 1 is 0.319 bits per heavy atom. The van der Waals surface area contributed by atoms with Gasteiger partial charge in [0.25, 0.3) is 5.60 Å². The summed E-state index contributed by atoms with van der Waals surface area (Å²) in [7, 11) is 0. The molecule has 72 heavy (non-hydrogen) atoms. The van der Waals surface area contributed by atoms with Gasteiger partial charge in [-0.1, -0.05) is 80.1 Å². The highest BCUT2D eigenvalue weighted by Gasteiger charge is 2.89. The molecule has 12 heteroatoms. The molecule has 0 spiro atoms. The molecule has 0 aromatic rings. The van der Waals surface area contributed by atoms with Gasteiger partial charge in [0, 0.05) is 17.8 Å². The number of aliphatic hydroxyl groups is 3. The molecule has 7 saturated carbocycles. The van der Waals surface area contributed by atoms with Gasteiger partial charge >= 0.3 is 17.9 Å². The standard InChI is InChI=1S/C60H96O12/c1-7-37-13-25-43(26-14-37)50(62)58(70-55(67)46-31-19-40(10-4)20-32-46)53(65)49(61)54(66)59(51(63)44-27-15-38(8-2)16-28-44,71-56(68)47-33-21-41(11-5)22-34-47)60(58,52(64)45-29-17-39(9-3)18-30-45)72-57(69)48-35-23-42(12-6)24-36-48/h37-49,53-54,61,65-66H,7-36H2,1-6H3/t37?,38?,39?,40?,41?,42?,43?,44?,45?,46?,47?,48?,49?,53-,54+,58+,59-,60?. The maximum absolute atomic E-state index is 17.2. The van der Waals surface area contributed by atoms with E-state index in [1.807, 2.05) is 0 Å². The lowest BCUT2D eigenvalue weighted by atomic mass is 9.49. The monoisotopic (exact) mass is 1010 g/mol. The van der Waals surface area contributed by atoms with E-state index in [0.29, 0.717) is 133 Å². The Labute approximate surface area is 432 Å². The van der Waals surface area contributed by atoms with E-state index in [1.54, 1.807) is 0 Å². The van der Waals surface area contributed by atoms with E-state index in [1.165, 1.54) is 0 Å². The summed E-state index contributed by atoms with van der Waals surface area (Å²) in [6, 6.07) is 0. The summed E-state index contributed by atoms with van der Waals surface area (Å²) >= 11 is 0. The van der Waals surface area contributed by atoms with Gasteiger partial charge in [-0.25, -0.2) is 0 Å². The molecule has 0 amide bonds. The average molecular weight is 1010 g/mol. The Kier molecular flexibility index (Phi) is 19.8. The summed E-state index contributed by atoms with van der Waals surface area (Å²) in [5, 5.41) is 39.6. The number of Topliss-reactive ketones (excluding diaryl/α,β-unsaturated/α-hetero) is 3. The fourth-order valence-corrected chi connectivity index (χ4v) is 15.4. The van der Waals surface area contributed by atoms with Gasteiger partial charge < -0.3 is 29.5 Å². The van der Waals surface area contributed by atoms with Crippen LogP contribution in [0.25, 0.3) is 0 Å². The highest BCUT2D eigenvalue weighted by atomic mass is 16.7. The Morgan fingerprint density at radius 2 is 0.528 bits per heavy atom. The first-order valence-corrected chi connectivity index (χ1v) is 29.9. The van der Waals surface area contributed by atoms with Crippen LogP contribution in [0.4, 0.5) is 0 Å². The number of carbonyl (C=O) groups is 6. The number of carbonyl (C=O) groups excluding carboxylic acids is 6. The van der Waals surface area contributed by atoms with Gasteiger partial charge in [0.05, 0.1) is 17.8 Å². The van der Waals surface area contributed by atoms with Crippen molar-refractivity contribution in [2.45, 2.75) is 269 Å². The first-order valence-electron chi connectivity index (χ1n) is 29.9. The molecule has 6 atom stereocenters. The van der Waals surface area contributed by atoms with Crippen molar-refractivity contribution in [2.75, 3.05) is 0 Å². The fraction of sp³-hybridized carbons (Fsp3) is 0.900. The Bertz CT molecular complexity index is 1740. The SMILES string of the molecule is CCC1CCC(C(=O)OC2(C(=O)C3CCC(CC)CC3)[C@@](OC(=O)C3CCC(CC)CC3)(C(=O)C3CCC(CC)CC3)[C@@H](O)C(O)[C@@H](O)[C@@]2(OC(=O)C2CCC(CC)CC2)C(=O)C2CCC(CC)CC2)CC1. The second-order valence-electron chi connectivity index (χ2n) is 24.6. The van der Waals surface area contributed by atoms with Gasteiger partial charge in [-0.15, -0.1) is 0 Å². The van der Waals surface area contributed by atoms with E-state index >= 15 is 28.8 Å². The van der Waals surface area contributed by atoms with Crippen molar-refractivity contribution in [3.8, 4) is 0 Å². The zero-order valence-electron chi connectivity index (χ0n) is 45.4. The van der Waals surface area contributed by atoms with E-state index in [-0.39, 0.29) is 56.3 Å². The number of ketones is 3. The summed E-state index contributed by atoms with van der Waals surface area (Å²) in [6.45, 7) is 12.6. The number of aliphatic hydroxyl groups excluding tert-OH is 3. The smallest absolute Gasteiger partial charge is 0.310 e. The summed E-state index contributed by atoms with van der Waals surface area (Å²) in [4.78, 5) is 97.6. The third kappa shape index (κ3) is 11.0. The highest BCUT2D eigenvalue weighted by Crippen LogP contribution is 2.59. The number of hydrogen-bond donors (Lipinski definition) is 3. The summed E-state index contributed by atoms with van der Waals surface area (Å²) in [6.07, 6.45) is 9.53. The molecule has 3 N–H and O–H groups in total. The topological polar surface area (TPSA) is 191 Å². The van der Waals surface area contributed by atoms with Crippen molar-refractivity contribution in [3.05, 3.63) is 0 Å². The van der Waals surface area contributed by atoms with Crippen LogP contribution in [0.2, 0.25) is 0 Å². The lowest BCUT2D eigenvalue weighted by Crippen LogP contribution is -2.92. The van der Waals surface area contributed by atoms with Gasteiger partial charge in [-0.2, -0.15) is 0 Å². The van der Waals surface area contributed by atoms with Crippen LogP contribution in [0.15, 0.2) is 0 Å². The van der Waals surface area contributed by atoms with Gasteiger partial charge in [0.2, 0.25) is 11.2 Å². The number of rotatable bonds is 18. The third-order valence-electron chi connectivity index (χ3n) is 21.0. The minimum Gasteiger partial charge on any atom is -0.443 e. The predicted octanol–water partition coefficient (Wildman–Crippen LogP) is 10.9. The van der Waals surface area contributed by atoms with E-state index in [0.717, 1.165) is 38.5 Å². The molecule has 0 aromatic carbocycles. The van der Waals surface area contributed by atoms with Crippen LogP contribution in [-0.2, 0) is 43.0 Å². The molecule has 12 nitrogen and oxygen atoms in total. The second kappa shape index (κ2) is 25.0. The van der Waals surface area contributed by atoms with Gasteiger partial charge in [0.1, 0.15) is 18.3 Å². The van der Waals surface area contributed by atoms with E-state index < -0.39 is 106 Å².